The highest BCUT2D eigenvalue weighted by molar-refractivity contribution is 6.74. The van der Waals surface area contributed by atoms with Gasteiger partial charge in [0.1, 0.15) is 6.29 Å². The highest BCUT2D eigenvalue weighted by Gasteiger charge is 2.38. The highest BCUT2D eigenvalue weighted by Crippen LogP contribution is 2.37. The van der Waals surface area contributed by atoms with Gasteiger partial charge >= 0.3 is 5.97 Å². The molecule has 0 N–H and O–H groups in total. The Hall–Kier alpha value is -0.943. The molecular weight excluding hydrogens is 296 g/mol. The molecule has 22 heavy (non-hydrogen) atoms. The molecule has 1 atom stereocenters. The third kappa shape index (κ3) is 8.49. The molecule has 1 unspecified atom stereocenters. The van der Waals surface area contributed by atoms with E-state index in [1.165, 1.54) is 13.2 Å². The lowest BCUT2D eigenvalue weighted by molar-refractivity contribution is -0.140. The highest BCUT2D eigenvalue weighted by atomic mass is 28.4. The van der Waals surface area contributed by atoms with Crippen molar-refractivity contribution in [3.63, 3.8) is 0 Å². The van der Waals surface area contributed by atoms with Crippen LogP contribution in [0.1, 0.15) is 52.9 Å². The molecule has 0 saturated heterocycles. The predicted molar refractivity (Wildman–Crippen MR) is 92.4 cm³/mol. The topological polar surface area (TPSA) is 52.6 Å². The van der Waals surface area contributed by atoms with Crippen LogP contribution in [0, 0.1) is 0 Å². The molecule has 0 bridgehead atoms. The summed E-state index contributed by atoms with van der Waals surface area (Å²) in [7, 11) is -0.439. The molecule has 5 heteroatoms. The van der Waals surface area contributed by atoms with E-state index in [1.54, 1.807) is 0 Å². The zero-order chi connectivity index (χ0) is 17.2. The van der Waals surface area contributed by atoms with Gasteiger partial charge in [0, 0.05) is 6.42 Å². The second-order valence-electron chi connectivity index (χ2n) is 7.11. The van der Waals surface area contributed by atoms with Crippen molar-refractivity contribution in [1.29, 1.82) is 0 Å². The number of carbonyl (C=O) groups is 2. The minimum atomic E-state index is -1.85. The van der Waals surface area contributed by atoms with Crippen molar-refractivity contribution in [1.82, 2.24) is 0 Å². The lowest BCUT2D eigenvalue weighted by atomic mass is 10.1. The molecule has 0 aromatic rings. The quantitative estimate of drug-likeness (QED) is 0.198. The molecule has 0 rings (SSSR count). The van der Waals surface area contributed by atoms with E-state index in [4.69, 9.17) is 4.43 Å². The number of hydrogen-bond donors (Lipinski definition) is 0. The van der Waals surface area contributed by atoms with Crippen molar-refractivity contribution in [2.24, 2.45) is 0 Å². The fraction of sp³-hybridized carbons (Fsp3) is 0.765. The lowest BCUT2D eigenvalue weighted by Crippen LogP contribution is -2.43. The van der Waals surface area contributed by atoms with Gasteiger partial charge in [-0.3, -0.25) is 9.59 Å². The van der Waals surface area contributed by atoms with E-state index in [2.05, 4.69) is 38.6 Å². The van der Waals surface area contributed by atoms with Gasteiger partial charge in [0.05, 0.1) is 13.2 Å². The zero-order valence-corrected chi connectivity index (χ0v) is 16.0. The Morgan fingerprint density at radius 3 is 2.32 bits per heavy atom. The van der Waals surface area contributed by atoms with Gasteiger partial charge in [-0.1, -0.05) is 39.7 Å². The molecule has 0 spiro atoms. The average molecular weight is 329 g/mol. The number of ether oxygens (including phenoxy) is 1. The minimum Gasteiger partial charge on any atom is -0.469 e. The molecule has 0 aliphatic rings. The predicted octanol–water partition coefficient (Wildman–Crippen LogP) is 4.26. The van der Waals surface area contributed by atoms with Crippen LogP contribution in [0.15, 0.2) is 12.2 Å². The standard InChI is InChI=1S/C17H32O4Si/c1-17(2,3)22(5,6)21-15(12-10-14-18)11-8-7-9-13-16(19)20-4/h10,12,14-15H,7-9,11,13H2,1-6H3/b12-10+. The van der Waals surface area contributed by atoms with Crippen LogP contribution < -0.4 is 0 Å². The maximum absolute atomic E-state index is 11.1. The van der Waals surface area contributed by atoms with Crippen LogP contribution in [0.25, 0.3) is 0 Å². The number of hydrogen-bond acceptors (Lipinski definition) is 4. The van der Waals surface area contributed by atoms with E-state index >= 15 is 0 Å². The SMILES string of the molecule is COC(=O)CCCCCC(/C=C/C=O)O[Si](C)(C)C(C)(C)C. The van der Waals surface area contributed by atoms with E-state index < -0.39 is 8.32 Å². The molecule has 0 radical (unpaired) electrons. The smallest absolute Gasteiger partial charge is 0.305 e. The first kappa shape index (κ1) is 21.1. The van der Waals surface area contributed by atoms with Crippen molar-refractivity contribution in [3.8, 4) is 0 Å². The van der Waals surface area contributed by atoms with Crippen LogP contribution in [-0.4, -0.2) is 33.8 Å². The Balaban J connectivity index is 4.39. The first-order valence-corrected chi connectivity index (χ1v) is 10.9. The molecular formula is C17H32O4Si. The maximum Gasteiger partial charge on any atom is 0.305 e. The number of esters is 1. The largest absolute Gasteiger partial charge is 0.469 e. The van der Waals surface area contributed by atoms with Crippen LogP contribution >= 0.6 is 0 Å². The fourth-order valence-corrected chi connectivity index (χ4v) is 3.12. The van der Waals surface area contributed by atoms with E-state index in [9.17, 15) is 9.59 Å². The second kappa shape index (κ2) is 9.95. The number of methoxy groups -OCH3 is 1. The van der Waals surface area contributed by atoms with Crippen molar-refractivity contribution in [2.75, 3.05) is 7.11 Å². The summed E-state index contributed by atoms with van der Waals surface area (Å²) in [5.74, 6) is -0.157. The van der Waals surface area contributed by atoms with Gasteiger partial charge < -0.3 is 9.16 Å². The summed E-state index contributed by atoms with van der Waals surface area (Å²) in [4.78, 5) is 21.6. The average Bonchev–Trinajstić information content (AvgIpc) is 2.42. The number of aldehydes is 1. The van der Waals surface area contributed by atoms with E-state index in [0.29, 0.717) is 6.42 Å². The van der Waals surface area contributed by atoms with Crippen LogP contribution in [-0.2, 0) is 18.8 Å². The number of allylic oxidation sites excluding steroid dienone is 1. The van der Waals surface area contributed by atoms with Gasteiger partial charge in [-0.2, -0.15) is 0 Å². The molecule has 4 nitrogen and oxygen atoms in total. The number of carbonyl (C=O) groups excluding carboxylic acids is 2. The third-order valence-electron chi connectivity index (χ3n) is 4.25. The summed E-state index contributed by atoms with van der Waals surface area (Å²) >= 11 is 0. The minimum absolute atomic E-state index is 0.0239. The fourth-order valence-electron chi connectivity index (χ4n) is 1.81. The number of rotatable bonds is 10. The van der Waals surface area contributed by atoms with Crippen LogP contribution in [0.5, 0.6) is 0 Å². The molecule has 0 aromatic heterocycles. The van der Waals surface area contributed by atoms with Gasteiger partial charge in [-0.15, -0.1) is 0 Å². The Morgan fingerprint density at radius 2 is 1.82 bits per heavy atom. The van der Waals surface area contributed by atoms with E-state index in [0.717, 1.165) is 32.0 Å². The monoisotopic (exact) mass is 328 g/mol. The normalized spacial score (nSPS) is 14.1. The Morgan fingerprint density at radius 1 is 1.18 bits per heavy atom. The summed E-state index contributed by atoms with van der Waals surface area (Å²) < 4.78 is 11.0. The molecule has 0 aliphatic heterocycles. The molecule has 0 saturated carbocycles. The molecule has 0 aliphatic carbocycles. The molecule has 128 valence electrons. The summed E-state index contributed by atoms with van der Waals surface area (Å²) in [6.07, 6.45) is 8.24. The van der Waals surface area contributed by atoms with Gasteiger partial charge in [0.25, 0.3) is 0 Å². The Labute approximate surface area is 136 Å². The zero-order valence-electron chi connectivity index (χ0n) is 15.0. The number of unbranched alkanes of at least 4 members (excludes halogenated alkanes) is 2. The van der Waals surface area contributed by atoms with Crippen LogP contribution in [0.4, 0.5) is 0 Å². The summed E-state index contributed by atoms with van der Waals surface area (Å²) in [6, 6.07) is 0. The first-order chi connectivity index (χ1) is 10.1. The van der Waals surface area contributed by atoms with Crippen LogP contribution in [0.2, 0.25) is 18.1 Å². The maximum atomic E-state index is 11.1. The lowest BCUT2D eigenvalue weighted by Gasteiger charge is -2.38. The van der Waals surface area contributed by atoms with Crippen molar-refractivity contribution >= 4 is 20.6 Å². The van der Waals surface area contributed by atoms with Crippen molar-refractivity contribution < 1.29 is 18.8 Å². The Bertz CT molecular complexity index is 369. The van der Waals surface area contributed by atoms with Gasteiger partial charge in [-0.25, -0.2) is 0 Å². The summed E-state index contributed by atoms with van der Waals surface area (Å²) in [5.41, 5.74) is 0. The third-order valence-corrected chi connectivity index (χ3v) is 8.76. The molecule has 0 amide bonds. The Kier molecular flexibility index (Phi) is 9.52. The summed E-state index contributed by atoms with van der Waals surface area (Å²) in [6.45, 7) is 11.0. The van der Waals surface area contributed by atoms with E-state index in [1.807, 2.05) is 6.08 Å². The molecule has 0 fully saturated rings. The first-order valence-electron chi connectivity index (χ1n) is 8.00. The second-order valence-corrected chi connectivity index (χ2v) is 11.9. The van der Waals surface area contributed by atoms with Gasteiger partial charge in [0.2, 0.25) is 0 Å². The molecule has 0 aromatic carbocycles. The molecule has 0 heterocycles. The van der Waals surface area contributed by atoms with Gasteiger partial charge in [0.15, 0.2) is 8.32 Å². The van der Waals surface area contributed by atoms with E-state index in [-0.39, 0.29) is 17.1 Å². The summed E-state index contributed by atoms with van der Waals surface area (Å²) in [5, 5.41) is 0.144. The van der Waals surface area contributed by atoms with Crippen LogP contribution in [0.3, 0.4) is 0 Å². The van der Waals surface area contributed by atoms with Gasteiger partial charge in [-0.05, 0) is 37.0 Å². The van der Waals surface area contributed by atoms with Crippen molar-refractivity contribution in [2.45, 2.75) is 77.1 Å². The van der Waals surface area contributed by atoms with Crippen molar-refractivity contribution in [3.05, 3.63) is 12.2 Å².